The molecule has 0 saturated carbocycles. The van der Waals surface area contributed by atoms with Gasteiger partial charge in [0.15, 0.2) is 5.78 Å². The van der Waals surface area contributed by atoms with Crippen LogP contribution in [-0.4, -0.2) is 16.0 Å². The zero-order chi connectivity index (χ0) is 11.6. The molecule has 0 aromatic heterocycles. The van der Waals surface area contributed by atoms with Gasteiger partial charge in [-0.2, -0.15) is 0 Å². The number of nitro benzene ring substituents is 1. The second-order valence-electron chi connectivity index (χ2n) is 3.05. The molecular formula is C9H9BrN2O3. The van der Waals surface area contributed by atoms with Crippen molar-refractivity contribution < 1.29 is 9.72 Å². The quantitative estimate of drug-likeness (QED) is 0.300. The van der Waals surface area contributed by atoms with Crippen LogP contribution in [0.3, 0.4) is 0 Å². The van der Waals surface area contributed by atoms with Gasteiger partial charge in [-0.25, -0.2) is 0 Å². The summed E-state index contributed by atoms with van der Waals surface area (Å²) in [6.45, 7) is 1.56. The maximum Gasteiger partial charge on any atom is 0.283 e. The molecule has 0 fully saturated rings. The van der Waals surface area contributed by atoms with Gasteiger partial charge in [-0.15, -0.1) is 0 Å². The summed E-state index contributed by atoms with van der Waals surface area (Å²) in [7, 11) is 0. The highest BCUT2D eigenvalue weighted by Gasteiger charge is 2.22. The highest BCUT2D eigenvalue weighted by Crippen LogP contribution is 2.27. The lowest BCUT2D eigenvalue weighted by Crippen LogP contribution is -2.07. The fraction of sp³-hybridized carbons (Fsp3) is 0.222. The largest absolute Gasteiger partial charge is 0.399 e. The van der Waals surface area contributed by atoms with Crippen LogP contribution in [0.2, 0.25) is 0 Å². The van der Waals surface area contributed by atoms with E-state index in [2.05, 4.69) is 15.9 Å². The number of nitrogens with zero attached hydrogens (tertiary/aromatic N) is 1. The molecule has 0 aliphatic carbocycles. The average Bonchev–Trinajstić information content (AvgIpc) is 2.14. The zero-order valence-corrected chi connectivity index (χ0v) is 9.58. The number of aryl methyl sites for hydroxylation is 1. The summed E-state index contributed by atoms with van der Waals surface area (Å²) in [6, 6.07) is 2.80. The Kier molecular flexibility index (Phi) is 3.41. The number of ketones is 1. The molecule has 0 bridgehead atoms. The number of alkyl halides is 1. The minimum atomic E-state index is -0.565. The van der Waals surface area contributed by atoms with Crippen molar-refractivity contribution >= 4 is 33.1 Å². The van der Waals surface area contributed by atoms with Gasteiger partial charge in [-0.1, -0.05) is 15.9 Å². The summed E-state index contributed by atoms with van der Waals surface area (Å²) in [5.41, 5.74) is 6.15. The van der Waals surface area contributed by atoms with Gasteiger partial charge >= 0.3 is 0 Å². The van der Waals surface area contributed by atoms with E-state index < -0.39 is 4.92 Å². The lowest BCUT2D eigenvalue weighted by atomic mass is 10.0. The number of nitrogen functional groups attached to an aromatic ring is 1. The Labute approximate surface area is 94.5 Å². The minimum Gasteiger partial charge on any atom is -0.399 e. The third kappa shape index (κ3) is 2.33. The first-order valence-corrected chi connectivity index (χ1v) is 5.23. The minimum absolute atomic E-state index is 0.0384. The van der Waals surface area contributed by atoms with Crippen LogP contribution in [0.1, 0.15) is 15.9 Å². The van der Waals surface area contributed by atoms with Crippen LogP contribution in [0, 0.1) is 17.0 Å². The lowest BCUT2D eigenvalue weighted by molar-refractivity contribution is -0.385. The Balaban J connectivity index is 3.46. The molecule has 0 spiro atoms. The van der Waals surface area contributed by atoms with Gasteiger partial charge in [0.1, 0.15) is 0 Å². The number of rotatable bonds is 3. The zero-order valence-electron chi connectivity index (χ0n) is 7.99. The summed E-state index contributed by atoms with van der Waals surface area (Å²) in [5.74, 6) is -0.350. The molecule has 0 saturated heterocycles. The monoisotopic (exact) mass is 272 g/mol. The van der Waals surface area contributed by atoms with Crippen LogP contribution < -0.4 is 5.73 Å². The van der Waals surface area contributed by atoms with Crippen molar-refractivity contribution in [2.24, 2.45) is 0 Å². The fourth-order valence-electron chi connectivity index (χ4n) is 1.33. The lowest BCUT2D eigenvalue weighted by Gasteiger charge is -2.04. The third-order valence-electron chi connectivity index (χ3n) is 1.93. The predicted molar refractivity (Wildman–Crippen MR) is 60.4 cm³/mol. The molecule has 0 atom stereocenters. The maximum atomic E-state index is 11.4. The molecule has 15 heavy (non-hydrogen) atoms. The molecule has 0 amide bonds. The summed E-state index contributed by atoms with van der Waals surface area (Å²) < 4.78 is 0. The summed E-state index contributed by atoms with van der Waals surface area (Å²) in [5, 5.41) is 10.8. The smallest absolute Gasteiger partial charge is 0.283 e. The van der Waals surface area contributed by atoms with Crippen LogP contribution in [0.4, 0.5) is 11.4 Å². The van der Waals surface area contributed by atoms with E-state index in [1.807, 2.05) is 0 Å². The van der Waals surface area contributed by atoms with E-state index in [0.29, 0.717) is 11.3 Å². The molecule has 80 valence electrons. The SMILES string of the molecule is Cc1cc(N)cc(C(=O)CBr)c1[N+](=O)[O-]. The first kappa shape index (κ1) is 11.6. The number of nitro groups is 1. The van der Waals surface area contributed by atoms with E-state index in [4.69, 9.17) is 5.73 Å². The molecule has 0 unspecified atom stereocenters. The second-order valence-corrected chi connectivity index (χ2v) is 3.61. The van der Waals surface area contributed by atoms with Crippen LogP contribution in [0.15, 0.2) is 12.1 Å². The van der Waals surface area contributed by atoms with Crippen molar-refractivity contribution in [2.45, 2.75) is 6.92 Å². The standard InChI is InChI=1S/C9H9BrN2O3/c1-5-2-6(11)3-7(8(13)4-10)9(5)12(14)15/h2-3H,4,11H2,1H3. The third-order valence-corrected chi connectivity index (χ3v) is 2.44. The van der Waals surface area contributed by atoms with Crippen molar-refractivity contribution in [3.8, 4) is 0 Å². The van der Waals surface area contributed by atoms with E-state index in [-0.39, 0.29) is 22.4 Å². The predicted octanol–water partition coefficient (Wildman–Crippen LogP) is 2.06. The summed E-state index contributed by atoms with van der Waals surface area (Å²) in [6.07, 6.45) is 0. The fourth-order valence-corrected chi connectivity index (χ4v) is 1.64. The van der Waals surface area contributed by atoms with Gasteiger partial charge in [0.05, 0.1) is 15.8 Å². The van der Waals surface area contributed by atoms with Crippen LogP contribution in [-0.2, 0) is 0 Å². The van der Waals surface area contributed by atoms with E-state index in [1.54, 1.807) is 6.92 Å². The average molecular weight is 273 g/mol. The highest BCUT2D eigenvalue weighted by atomic mass is 79.9. The summed E-state index contributed by atoms with van der Waals surface area (Å²) in [4.78, 5) is 21.6. The van der Waals surface area contributed by atoms with Crippen molar-refractivity contribution in [3.05, 3.63) is 33.4 Å². The Morgan fingerprint density at radius 1 is 1.60 bits per heavy atom. The van der Waals surface area contributed by atoms with Crippen molar-refractivity contribution in [1.29, 1.82) is 0 Å². The van der Waals surface area contributed by atoms with Gasteiger partial charge in [0.2, 0.25) is 0 Å². The number of Topliss-reactive ketones (excluding diaryl/α,β-unsaturated/α-hetero) is 1. The number of anilines is 1. The van der Waals surface area contributed by atoms with Gasteiger partial charge in [-0.3, -0.25) is 14.9 Å². The Bertz CT molecular complexity index is 432. The molecule has 2 N–H and O–H groups in total. The number of carbonyl (C=O) groups is 1. The molecule has 0 aliphatic heterocycles. The van der Waals surface area contributed by atoms with Crippen molar-refractivity contribution in [1.82, 2.24) is 0 Å². The van der Waals surface area contributed by atoms with Gasteiger partial charge in [0, 0.05) is 11.3 Å². The Hall–Kier alpha value is -1.43. The summed E-state index contributed by atoms with van der Waals surface area (Å²) >= 11 is 2.97. The maximum absolute atomic E-state index is 11.4. The normalized spacial score (nSPS) is 10.0. The molecule has 1 rings (SSSR count). The molecule has 1 aromatic rings. The van der Waals surface area contributed by atoms with E-state index in [0.717, 1.165) is 0 Å². The number of nitrogens with two attached hydrogens (primary N) is 1. The second kappa shape index (κ2) is 4.39. The number of hydrogen-bond donors (Lipinski definition) is 1. The topological polar surface area (TPSA) is 86.2 Å². The first-order chi connectivity index (χ1) is 6.97. The first-order valence-electron chi connectivity index (χ1n) is 4.11. The Morgan fingerprint density at radius 3 is 2.67 bits per heavy atom. The highest BCUT2D eigenvalue weighted by molar-refractivity contribution is 9.09. The molecule has 5 nitrogen and oxygen atoms in total. The van der Waals surface area contributed by atoms with E-state index >= 15 is 0 Å². The molecular weight excluding hydrogens is 264 g/mol. The Morgan fingerprint density at radius 2 is 2.20 bits per heavy atom. The van der Waals surface area contributed by atoms with E-state index in [9.17, 15) is 14.9 Å². The van der Waals surface area contributed by atoms with Gasteiger partial charge in [-0.05, 0) is 19.1 Å². The molecule has 1 aromatic carbocycles. The number of benzene rings is 1. The van der Waals surface area contributed by atoms with Gasteiger partial charge < -0.3 is 5.73 Å². The molecule has 6 heteroatoms. The van der Waals surface area contributed by atoms with Gasteiger partial charge in [0.25, 0.3) is 5.69 Å². The van der Waals surface area contributed by atoms with E-state index in [1.165, 1.54) is 12.1 Å². The molecule has 0 aliphatic rings. The van der Waals surface area contributed by atoms with Crippen molar-refractivity contribution in [2.75, 3.05) is 11.1 Å². The molecule has 0 heterocycles. The van der Waals surface area contributed by atoms with Crippen LogP contribution in [0.25, 0.3) is 0 Å². The van der Waals surface area contributed by atoms with Crippen molar-refractivity contribution in [3.63, 3.8) is 0 Å². The van der Waals surface area contributed by atoms with Crippen LogP contribution >= 0.6 is 15.9 Å². The number of hydrogen-bond acceptors (Lipinski definition) is 4. The number of carbonyl (C=O) groups excluding carboxylic acids is 1. The molecule has 0 radical (unpaired) electrons. The van der Waals surface area contributed by atoms with Crippen LogP contribution in [0.5, 0.6) is 0 Å². The number of halogens is 1.